The quantitative estimate of drug-likeness (QED) is 0.665. The normalized spacial score (nSPS) is 11.8. The van der Waals surface area contributed by atoms with Gasteiger partial charge in [-0.05, 0) is 12.1 Å². The third-order valence-corrected chi connectivity index (χ3v) is 4.35. The number of hydrogen-bond acceptors (Lipinski definition) is 4. The minimum absolute atomic E-state index is 0.0358. The highest BCUT2D eigenvalue weighted by Gasteiger charge is 2.23. The molecule has 0 bridgehead atoms. The number of nitrogens with zero attached hydrogens (tertiary/aromatic N) is 1. The monoisotopic (exact) mass is 337 g/mol. The van der Waals surface area contributed by atoms with Gasteiger partial charge in [-0.3, -0.25) is 5.10 Å². The number of aromatic amines is 1. The van der Waals surface area contributed by atoms with E-state index in [2.05, 4.69) is 10.2 Å². The molecule has 1 aromatic heterocycles. The van der Waals surface area contributed by atoms with E-state index in [1.54, 1.807) is 0 Å². The molecule has 0 radical (unpaired) electrons. The highest BCUT2D eigenvalue weighted by Crippen LogP contribution is 2.33. The lowest BCUT2D eigenvalue weighted by Gasteiger charge is -2.06. The first-order valence-electron chi connectivity index (χ1n) is 5.34. The number of nitrogens with one attached hydrogen (secondary N) is 1. The summed E-state index contributed by atoms with van der Waals surface area (Å²) in [5.74, 6) is -0.807. The summed E-state index contributed by atoms with van der Waals surface area (Å²) in [5, 5.41) is 6.11. The lowest BCUT2D eigenvalue weighted by molar-refractivity contribution is 0.597. The van der Waals surface area contributed by atoms with E-state index in [0.29, 0.717) is 0 Å². The maximum Gasteiger partial charge on any atom is 0.192 e. The second kappa shape index (κ2) is 5.23. The number of rotatable bonds is 3. The van der Waals surface area contributed by atoms with Gasteiger partial charge < -0.3 is 5.73 Å². The molecule has 0 aliphatic rings. The smallest absolute Gasteiger partial charge is 0.192 e. The number of H-pyrrole nitrogens is 1. The molecule has 2 aromatic rings. The van der Waals surface area contributed by atoms with Crippen molar-refractivity contribution in [3.63, 3.8) is 0 Å². The second-order valence-corrected chi connectivity index (χ2v) is 6.77. The molecule has 0 atom stereocenters. The Kier molecular flexibility index (Phi) is 3.95. The van der Waals surface area contributed by atoms with E-state index in [0.717, 1.165) is 12.3 Å². The van der Waals surface area contributed by atoms with Crippen molar-refractivity contribution < 1.29 is 12.8 Å². The molecule has 0 spiro atoms. The zero-order valence-electron chi connectivity index (χ0n) is 10.2. The topological polar surface area (TPSA) is 88.8 Å². The van der Waals surface area contributed by atoms with Crippen molar-refractivity contribution in [2.75, 3.05) is 12.0 Å². The fourth-order valence-electron chi connectivity index (χ4n) is 1.75. The van der Waals surface area contributed by atoms with Crippen molar-refractivity contribution in [2.24, 2.45) is 0 Å². The fraction of sp³-hybridized carbons (Fsp3) is 0.182. The average molecular weight is 338 g/mol. The van der Waals surface area contributed by atoms with Gasteiger partial charge in [0.25, 0.3) is 0 Å². The summed E-state index contributed by atoms with van der Waals surface area (Å²) in [6.07, 6.45) is 1.01. The van der Waals surface area contributed by atoms with E-state index < -0.39 is 15.7 Å². The highest BCUT2D eigenvalue weighted by atomic mass is 35.5. The zero-order chi connectivity index (χ0) is 15.1. The summed E-state index contributed by atoms with van der Waals surface area (Å²) in [4.78, 5) is 0. The van der Waals surface area contributed by atoms with Crippen LogP contribution in [0.4, 0.5) is 10.1 Å². The molecular formula is C11H10Cl2FN3O2S. The molecule has 0 aliphatic heterocycles. The molecular weight excluding hydrogens is 328 g/mol. The molecule has 3 N–H and O–H groups in total. The standard InChI is InChI=1S/C11H10Cl2FN3O2S/c1-20(18,19)11-6(4-12)10(16-17-11)5-2-9(15)7(13)3-8(5)14/h2-3H,4,15H2,1H3,(H,16,17). The van der Waals surface area contributed by atoms with Crippen LogP contribution in [0.25, 0.3) is 11.3 Å². The second-order valence-electron chi connectivity index (χ2n) is 4.14. The van der Waals surface area contributed by atoms with Gasteiger partial charge in [-0.25, -0.2) is 12.8 Å². The Morgan fingerprint density at radius 3 is 2.65 bits per heavy atom. The zero-order valence-corrected chi connectivity index (χ0v) is 12.6. The Labute approximate surface area is 124 Å². The third kappa shape index (κ3) is 2.61. The predicted molar refractivity (Wildman–Crippen MR) is 76.1 cm³/mol. The number of alkyl halides is 1. The number of nitrogens with two attached hydrogens (primary N) is 1. The van der Waals surface area contributed by atoms with Gasteiger partial charge >= 0.3 is 0 Å². The first kappa shape index (κ1) is 15.1. The van der Waals surface area contributed by atoms with Crippen molar-refractivity contribution in [3.8, 4) is 11.3 Å². The number of anilines is 1. The Balaban J connectivity index is 2.72. The maximum absolute atomic E-state index is 14.0. The largest absolute Gasteiger partial charge is 0.398 e. The minimum Gasteiger partial charge on any atom is -0.398 e. The first-order valence-corrected chi connectivity index (χ1v) is 8.14. The lowest BCUT2D eigenvalue weighted by atomic mass is 10.1. The van der Waals surface area contributed by atoms with Gasteiger partial charge in [-0.1, -0.05) is 11.6 Å². The number of sulfone groups is 1. The third-order valence-electron chi connectivity index (χ3n) is 2.68. The number of benzene rings is 1. The van der Waals surface area contributed by atoms with Crippen LogP contribution < -0.4 is 5.73 Å². The molecule has 0 amide bonds. The van der Waals surface area contributed by atoms with Crippen LogP contribution in [-0.4, -0.2) is 24.9 Å². The van der Waals surface area contributed by atoms with Crippen LogP contribution in [0.5, 0.6) is 0 Å². The van der Waals surface area contributed by atoms with Gasteiger partial charge in [0.1, 0.15) is 11.5 Å². The Morgan fingerprint density at radius 1 is 1.45 bits per heavy atom. The van der Waals surface area contributed by atoms with Crippen LogP contribution in [0.15, 0.2) is 17.2 Å². The van der Waals surface area contributed by atoms with Crippen molar-refractivity contribution in [1.82, 2.24) is 10.2 Å². The van der Waals surface area contributed by atoms with Crippen LogP contribution in [0.2, 0.25) is 5.02 Å². The molecule has 1 heterocycles. The number of nitrogen functional groups attached to an aromatic ring is 1. The van der Waals surface area contributed by atoms with Gasteiger partial charge in [-0.2, -0.15) is 5.10 Å². The van der Waals surface area contributed by atoms with Crippen molar-refractivity contribution in [3.05, 3.63) is 28.5 Å². The summed E-state index contributed by atoms with van der Waals surface area (Å²) in [6.45, 7) is 0. The van der Waals surface area contributed by atoms with Crippen LogP contribution in [-0.2, 0) is 15.7 Å². The van der Waals surface area contributed by atoms with Crippen LogP contribution in [0.3, 0.4) is 0 Å². The van der Waals surface area contributed by atoms with Crippen LogP contribution >= 0.6 is 23.2 Å². The Bertz CT molecular complexity index is 774. The summed E-state index contributed by atoms with van der Waals surface area (Å²) < 4.78 is 37.1. The van der Waals surface area contributed by atoms with E-state index >= 15 is 0 Å². The fourth-order valence-corrected chi connectivity index (χ4v) is 3.07. The van der Waals surface area contributed by atoms with Crippen molar-refractivity contribution >= 4 is 38.7 Å². The summed E-state index contributed by atoms with van der Waals surface area (Å²) in [7, 11) is -3.55. The summed E-state index contributed by atoms with van der Waals surface area (Å²) >= 11 is 11.5. The summed E-state index contributed by atoms with van der Waals surface area (Å²) in [6, 6.07) is 2.33. The molecule has 0 saturated heterocycles. The van der Waals surface area contributed by atoms with Gasteiger partial charge in [0, 0.05) is 17.4 Å². The predicted octanol–water partition coefficient (Wildman–Crippen LogP) is 2.59. The van der Waals surface area contributed by atoms with Gasteiger partial charge in [0.2, 0.25) is 0 Å². The SMILES string of the molecule is CS(=O)(=O)c1[nH]nc(-c2cc(N)c(Cl)cc2F)c1CCl. The van der Waals surface area contributed by atoms with E-state index in [1.807, 2.05) is 0 Å². The van der Waals surface area contributed by atoms with Crippen molar-refractivity contribution in [2.45, 2.75) is 10.9 Å². The summed E-state index contributed by atoms with van der Waals surface area (Å²) in [5.41, 5.74) is 6.11. The van der Waals surface area contributed by atoms with Gasteiger partial charge in [-0.15, -0.1) is 11.6 Å². The van der Waals surface area contributed by atoms with E-state index in [-0.39, 0.29) is 38.4 Å². The minimum atomic E-state index is -3.55. The molecule has 0 unspecified atom stereocenters. The first-order chi connectivity index (χ1) is 9.25. The van der Waals surface area contributed by atoms with E-state index in [9.17, 15) is 12.8 Å². The van der Waals surface area contributed by atoms with Crippen LogP contribution in [0, 0.1) is 5.82 Å². The van der Waals surface area contributed by atoms with E-state index in [4.69, 9.17) is 28.9 Å². The molecule has 5 nitrogen and oxygen atoms in total. The molecule has 9 heteroatoms. The number of hydrogen-bond donors (Lipinski definition) is 2. The molecule has 20 heavy (non-hydrogen) atoms. The Morgan fingerprint density at radius 2 is 2.10 bits per heavy atom. The van der Waals surface area contributed by atoms with Crippen LogP contribution in [0.1, 0.15) is 5.56 Å². The molecule has 1 aromatic carbocycles. The highest BCUT2D eigenvalue weighted by molar-refractivity contribution is 7.90. The maximum atomic E-state index is 14.0. The Hall–Kier alpha value is -1.31. The number of aromatic nitrogens is 2. The number of halogens is 3. The lowest BCUT2D eigenvalue weighted by Crippen LogP contribution is -2.01. The molecule has 108 valence electrons. The average Bonchev–Trinajstić information content (AvgIpc) is 2.77. The molecule has 2 rings (SSSR count). The van der Waals surface area contributed by atoms with E-state index in [1.165, 1.54) is 6.07 Å². The molecule has 0 aliphatic carbocycles. The molecule has 0 fully saturated rings. The van der Waals surface area contributed by atoms with Gasteiger partial charge in [0.15, 0.2) is 14.9 Å². The molecule has 0 saturated carbocycles. The van der Waals surface area contributed by atoms with Crippen molar-refractivity contribution in [1.29, 1.82) is 0 Å². The van der Waals surface area contributed by atoms with Gasteiger partial charge in [0.05, 0.1) is 16.6 Å².